The minimum atomic E-state index is -0.337. The molecule has 4 heteroatoms. The molecule has 0 saturated carbocycles. The number of benzene rings is 1. The highest BCUT2D eigenvalue weighted by molar-refractivity contribution is 5.90. The number of carbonyl (C=O) groups excluding carboxylic acids is 1. The second kappa shape index (κ2) is 5.82. The average molecular weight is 242 g/mol. The standard InChI is InChI=1S/C14H14N2O2/c1-18-14(17)11-5-4-7-12(9-11)16-10-13-6-2-3-8-15-13/h2-9,16H,10H2,1H3. The lowest BCUT2D eigenvalue weighted by atomic mass is 10.2. The Morgan fingerprint density at radius 3 is 2.89 bits per heavy atom. The molecule has 0 spiro atoms. The van der Waals surface area contributed by atoms with Gasteiger partial charge in [0.1, 0.15) is 0 Å². The van der Waals surface area contributed by atoms with Gasteiger partial charge < -0.3 is 10.1 Å². The van der Waals surface area contributed by atoms with Crippen LogP contribution >= 0.6 is 0 Å². The number of esters is 1. The van der Waals surface area contributed by atoms with Gasteiger partial charge in [-0.25, -0.2) is 4.79 Å². The molecule has 1 heterocycles. The van der Waals surface area contributed by atoms with Crippen molar-refractivity contribution in [3.8, 4) is 0 Å². The fraction of sp³-hybridized carbons (Fsp3) is 0.143. The van der Waals surface area contributed by atoms with Crippen LogP contribution in [0, 0.1) is 0 Å². The van der Waals surface area contributed by atoms with Crippen LogP contribution in [0.25, 0.3) is 0 Å². The van der Waals surface area contributed by atoms with Crippen molar-refractivity contribution in [1.29, 1.82) is 0 Å². The van der Waals surface area contributed by atoms with E-state index in [9.17, 15) is 4.79 Å². The quantitative estimate of drug-likeness (QED) is 0.837. The highest BCUT2D eigenvalue weighted by Crippen LogP contribution is 2.12. The molecule has 0 amide bonds. The van der Waals surface area contributed by atoms with Gasteiger partial charge in [0.25, 0.3) is 0 Å². The van der Waals surface area contributed by atoms with Gasteiger partial charge in [0, 0.05) is 11.9 Å². The van der Waals surface area contributed by atoms with Crippen LogP contribution in [0.2, 0.25) is 0 Å². The second-order valence-corrected chi connectivity index (χ2v) is 3.75. The Bertz CT molecular complexity index is 526. The number of rotatable bonds is 4. The number of hydrogen-bond acceptors (Lipinski definition) is 4. The Labute approximate surface area is 106 Å². The number of methoxy groups -OCH3 is 1. The Morgan fingerprint density at radius 1 is 1.28 bits per heavy atom. The summed E-state index contributed by atoms with van der Waals surface area (Å²) in [5.41, 5.74) is 2.34. The number of aromatic nitrogens is 1. The van der Waals surface area contributed by atoms with Gasteiger partial charge in [0.05, 0.1) is 24.9 Å². The molecule has 2 aromatic rings. The zero-order valence-corrected chi connectivity index (χ0v) is 10.1. The van der Waals surface area contributed by atoms with E-state index in [1.54, 1.807) is 18.3 Å². The van der Waals surface area contributed by atoms with Crippen LogP contribution in [0.1, 0.15) is 16.1 Å². The third-order valence-electron chi connectivity index (χ3n) is 2.48. The van der Waals surface area contributed by atoms with Crippen LogP contribution in [0.3, 0.4) is 0 Å². The van der Waals surface area contributed by atoms with Crippen LogP contribution in [0.15, 0.2) is 48.7 Å². The van der Waals surface area contributed by atoms with Gasteiger partial charge in [-0.15, -0.1) is 0 Å². The lowest BCUT2D eigenvalue weighted by molar-refractivity contribution is 0.0601. The van der Waals surface area contributed by atoms with Crippen molar-refractivity contribution in [3.63, 3.8) is 0 Å². The Hall–Kier alpha value is -2.36. The molecule has 1 N–H and O–H groups in total. The summed E-state index contributed by atoms with van der Waals surface area (Å²) in [6.07, 6.45) is 1.75. The predicted octanol–water partition coefficient (Wildman–Crippen LogP) is 2.48. The summed E-state index contributed by atoms with van der Waals surface area (Å²) < 4.78 is 4.67. The van der Waals surface area contributed by atoms with E-state index in [1.807, 2.05) is 30.3 Å². The maximum Gasteiger partial charge on any atom is 0.337 e. The van der Waals surface area contributed by atoms with E-state index in [0.29, 0.717) is 12.1 Å². The SMILES string of the molecule is COC(=O)c1cccc(NCc2ccccn2)c1. The topological polar surface area (TPSA) is 51.2 Å². The Balaban J connectivity index is 2.04. The van der Waals surface area contributed by atoms with Crippen LogP contribution in [-0.4, -0.2) is 18.1 Å². The van der Waals surface area contributed by atoms with Gasteiger partial charge in [-0.2, -0.15) is 0 Å². The molecule has 4 nitrogen and oxygen atoms in total. The minimum absolute atomic E-state index is 0.337. The molecule has 0 fully saturated rings. The van der Waals surface area contributed by atoms with Crippen LogP contribution in [0.5, 0.6) is 0 Å². The van der Waals surface area contributed by atoms with Crippen LogP contribution < -0.4 is 5.32 Å². The number of carbonyl (C=O) groups is 1. The van der Waals surface area contributed by atoms with Crippen molar-refractivity contribution in [1.82, 2.24) is 4.98 Å². The fourth-order valence-electron chi connectivity index (χ4n) is 1.57. The monoisotopic (exact) mass is 242 g/mol. The van der Waals surface area contributed by atoms with E-state index in [-0.39, 0.29) is 5.97 Å². The summed E-state index contributed by atoms with van der Waals surface area (Å²) in [4.78, 5) is 15.6. The lowest BCUT2D eigenvalue weighted by Gasteiger charge is -2.07. The van der Waals surface area contributed by atoms with Gasteiger partial charge in [-0.1, -0.05) is 12.1 Å². The number of nitrogens with zero attached hydrogens (tertiary/aromatic N) is 1. The highest BCUT2D eigenvalue weighted by Gasteiger charge is 2.05. The van der Waals surface area contributed by atoms with Crippen LogP contribution in [0.4, 0.5) is 5.69 Å². The summed E-state index contributed by atoms with van der Waals surface area (Å²) in [5, 5.41) is 3.21. The highest BCUT2D eigenvalue weighted by atomic mass is 16.5. The molecule has 0 radical (unpaired) electrons. The number of anilines is 1. The average Bonchev–Trinajstić information content (AvgIpc) is 2.45. The van der Waals surface area contributed by atoms with Crippen molar-refractivity contribution in [2.75, 3.05) is 12.4 Å². The van der Waals surface area contributed by atoms with Crippen molar-refractivity contribution in [3.05, 3.63) is 59.9 Å². The maximum absolute atomic E-state index is 11.4. The van der Waals surface area contributed by atoms with Crippen molar-refractivity contribution in [2.45, 2.75) is 6.54 Å². The van der Waals surface area contributed by atoms with Crippen molar-refractivity contribution in [2.24, 2.45) is 0 Å². The molecular weight excluding hydrogens is 228 g/mol. The molecule has 0 aliphatic heterocycles. The number of hydrogen-bond donors (Lipinski definition) is 1. The maximum atomic E-state index is 11.4. The molecule has 18 heavy (non-hydrogen) atoms. The molecule has 0 bridgehead atoms. The summed E-state index contributed by atoms with van der Waals surface area (Å²) in [7, 11) is 1.37. The molecular formula is C14H14N2O2. The van der Waals surface area contributed by atoms with Crippen molar-refractivity contribution < 1.29 is 9.53 Å². The number of pyridine rings is 1. The molecule has 0 aliphatic carbocycles. The normalized spacial score (nSPS) is 9.83. The van der Waals surface area contributed by atoms with Crippen molar-refractivity contribution >= 4 is 11.7 Å². The Kier molecular flexibility index (Phi) is 3.91. The largest absolute Gasteiger partial charge is 0.465 e. The van der Waals surface area contributed by atoms with Gasteiger partial charge in [-0.3, -0.25) is 4.98 Å². The summed E-state index contributed by atoms with van der Waals surface area (Å²) in [6.45, 7) is 0.617. The number of nitrogens with one attached hydrogen (secondary N) is 1. The van der Waals surface area contributed by atoms with Gasteiger partial charge in [-0.05, 0) is 30.3 Å². The van der Waals surface area contributed by atoms with Crippen LogP contribution in [-0.2, 0) is 11.3 Å². The van der Waals surface area contributed by atoms with Gasteiger partial charge in [0.15, 0.2) is 0 Å². The molecule has 0 unspecified atom stereocenters. The van der Waals surface area contributed by atoms with E-state index in [1.165, 1.54) is 7.11 Å². The first kappa shape index (κ1) is 12.1. The molecule has 1 aromatic heterocycles. The van der Waals surface area contributed by atoms with E-state index in [0.717, 1.165) is 11.4 Å². The molecule has 0 atom stereocenters. The lowest BCUT2D eigenvalue weighted by Crippen LogP contribution is -2.04. The number of ether oxygens (including phenoxy) is 1. The predicted molar refractivity (Wildman–Crippen MR) is 69.3 cm³/mol. The third-order valence-corrected chi connectivity index (χ3v) is 2.48. The molecule has 2 rings (SSSR count). The summed E-state index contributed by atoms with van der Waals surface area (Å²) in [6, 6.07) is 12.9. The molecule has 1 aromatic carbocycles. The first-order valence-corrected chi connectivity index (χ1v) is 5.62. The Morgan fingerprint density at radius 2 is 2.17 bits per heavy atom. The van der Waals surface area contributed by atoms with Gasteiger partial charge >= 0.3 is 5.97 Å². The first-order valence-electron chi connectivity index (χ1n) is 5.62. The molecule has 0 aliphatic rings. The van der Waals surface area contributed by atoms with E-state index in [2.05, 4.69) is 15.0 Å². The van der Waals surface area contributed by atoms with E-state index < -0.39 is 0 Å². The first-order chi connectivity index (χ1) is 8.79. The fourth-order valence-corrected chi connectivity index (χ4v) is 1.57. The smallest absolute Gasteiger partial charge is 0.337 e. The summed E-state index contributed by atoms with van der Waals surface area (Å²) >= 11 is 0. The van der Waals surface area contributed by atoms with Gasteiger partial charge in [0.2, 0.25) is 0 Å². The second-order valence-electron chi connectivity index (χ2n) is 3.75. The van der Waals surface area contributed by atoms with E-state index >= 15 is 0 Å². The molecule has 0 saturated heterocycles. The zero-order valence-electron chi connectivity index (χ0n) is 10.1. The zero-order chi connectivity index (χ0) is 12.8. The third kappa shape index (κ3) is 3.07. The minimum Gasteiger partial charge on any atom is -0.465 e. The van der Waals surface area contributed by atoms with E-state index in [4.69, 9.17) is 0 Å². The molecule has 92 valence electrons. The summed E-state index contributed by atoms with van der Waals surface area (Å²) in [5.74, 6) is -0.337.